The molecule has 0 saturated carbocycles. The number of nitrogens with two attached hydrogens (primary N) is 1. The van der Waals surface area contributed by atoms with E-state index in [-0.39, 0.29) is 12.5 Å². The molecule has 0 amide bonds. The lowest BCUT2D eigenvalue weighted by atomic mass is 9.74. The first-order chi connectivity index (χ1) is 7.36. The first-order valence-corrected chi connectivity index (χ1v) is 5.41. The van der Waals surface area contributed by atoms with Crippen LogP contribution in [-0.4, -0.2) is 17.1 Å². The topological polar surface area (TPSA) is 63.3 Å². The molecular weight excluding hydrogens is 202 g/mol. The first kappa shape index (κ1) is 12.7. The van der Waals surface area contributed by atoms with Gasteiger partial charge < -0.3 is 10.8 Å². The first-order valence-electron chi connectivity index (χ1n) is 5.41. The zero-order valence-electron chi connectivity index (χ0n) is 10.0. The van der Waals surface area contributed by atoms with E-state index < -0.39 is 11.4 Å². The van der Waals surface area contributed by atoms with Crippen molar-refractivity contribution >= 4 is 5.97 Å². The van der Waals surface area contributed by atoms with Gasteiger partial charge in [-0.25, -0.2) is 0 Å². The van der Waals surface area contributed by atoms with Gasteiger partial charge in [0.25, 0.3) is 0 Å². The van der Waals surface area contributed by atoms with Crippen LogP contribution in [0.4, 0.5) is 0 Å². The van der Waals surface area contributed by atoms with E-state index in [9.17, 15) is 4.79 Å². The Morgan fingerprint density at radius 1 is 1.44 bits per heavy atom. The molecule has 0 aromatic heterocycles. The SMILES string of the molecule is Cc1ccc(C(C)(CC(=O)O)C(C)N)cc1. The summed E-state index contributed by atoms with van der Waals surface area (Å²) < 4.78 is 0. The van der Waals surface area contributed by atoms with Crippen molar-refractivity contribution in [2.45, 2.75) is 38.6 Å². The highest BCUT2D eigenvalue weighted by Crippen LogP contribution is 2.30. The predicted molar refractivity (Wildman–Crippen MR) is 64.4 cm³/mol. The lowest BCUT2D eigenvalue weighted by molar-refractivity contribution is -0.138. The zero-order valence-corrected chi connectivity index (χ0v) is 10.0. The minimum absolute atomic E-state index is 0.0493. The molecule has 1 aromatic carbocycles. The maximum absolute atomic E-state index is 10.9. The monoisotopic (exact) mass is 221 g/mol. The van der Waals surface area contributed by atoms with Gasteiger partial charge in [0.1, 0.15) is 0 Å². The predicted octanol–water partition coefficient (Wildman–Crippen LogP) is 2.07. The molecule has 0 heterocycles. The van der Waals surface area contributed by atoms with Gasteiger partial charge in [0.05, 0.1) is 6.42 Å². The molecule has 16 heavy (non-hydrogen) atoms. The highest BCUT2D eigenvalue weighted by atomic mass is 16.4. The molecule has 0 aliphatic carbocycles. The summed E-state index contributed by atoms with van der Waals surface area (Å²) in [5.74, 6) is -0.819. The standard InChI is InChI=1S/C13H19NO2/c1-9-4-6-11(7-5-9)13(3,10(2)14)8-12(15)16/h4-7,10H,8,14H2,1-3H3,(H,15,16). The molecule has 1 aromatic rings. The molecule has 0 bridgehead atoms. The molecule has 2 atom stereocenters. The van der Waals surface area contributed by atoms with Crippen molar-refractivity contribution in [1.29, 1.82) is 0 Å². The van der Waals surface area contributed by atoms with Crippen molar-refractivity contribution < 1.29 is 9.90 Å². The molecule has 1 rings (SSSR count). The summed E-state index contributed by atoms with van der Waals surface area (Å²) in [4.78, 5) is 10.9. The smallest absolute Gasteiger partial charge is 0.304 e. The maximum atomic E-state index is 10.9. The van der Waals surface area contributed by atoms with Crippen molar-refractivity contribution in [3.05, 3.63) is 35.4 Å². The quantitative estimate of drug-likeness (QED) is 0.818. The molecule has 3 heteroatoms. The zero-order chi connectivity index (χ0) is 12.3. The second-order valence-electron chi connectivity index (χ2n) is 4.64. The van der Waals surface area contributed by atoms with Crippen LogP contribution in [-0.2, 0) is 10.2 Å². The van der Waals surface area contributed by atoms with Gasteiger partial charge in [-0.15, -0.1) is 0 Å². The fourth-order valence-corrected chi connectivity index (χ4v) is 1.77. The van der Waals surface area contributed by atoms with Crippen LogP contribution in [0.25, 0.3) is 0 Å². The van der Waals surface area contributed by atoms with E-state index in [2.05, 4.69) is 0 Å². The average molecular weight is 221 g/mol. The minimum Gasteiger partial charge on any atom is -0.481 e. The van der Waals surface area contributed by atoms with E-state index in [1.807, 2.05) is 45.0 Å². The molecule has 3 N–H and O–H groups in total. The van der Waals surface area contributed by atoms with Gasteiger partial charge in [0.15, 0.2) is 0 Å². The molecule has 0 aliphatic rings. The number of carboxylic acid groups (broad SMARTS) is 1. The van der Waals surface area contributed by atoms with Gasteiger partial charge in [-0.05, 0) is 19.4 Å². The number of aryl methyl sites for hydroxylation is 1. The van der Waals surface area contributed by atoms with Crippen molar-refractivity contribution in [2.75, 3.05) is 0 Å². The number of benzene rings is 1. The second-order valence-corrected chi connectivity index (χ2v) is 4.64. The van der Waals surface area contributed by atoms with Gasteiger partial charge in [-0.2, -0.15) is 0 Å². The van der Waals surface area contributed by atoms with Crippen LogP contribution in [0.2, 0.25) is 0 Å². The Bertz CT molecular complexity index is 370. The summed E-state index contributed by atoms with van der Waals surface area (Å²) >= 11 is 0. The Morgan fingerprint density at radius 2 is 1.94 bits per heavy atom. The molecule has 0 fully saturated rings. The minimum atomic E-state index is -0.819. The number of hydrogen-bond donors (Lipinski definition) is 2. The number of hydrogen-bond acceptors (Lipinski definition) is 2. The third-order valence-corrected chi connectivity index (χ3v) is 3.23. The highest BCUT2D eigenvalue weighted by molar-refractivity contribution is 5.69. The van der Waals surface area contributed by atoms with E-state index in [4.69, 9.17) is 10.8 Å². The Morgan fingerprint density at radius 3 is 2.31 bits per heavy atom. The fourth-order valence-electron chi connectivity index (χ4n) is 1.77. The number of rotatable bonds is 4. The molecule has 0 radical (unpaired) electrons. The number of carboxylic acids is 1. The van der Waals surface area contributed by atoms with Crippen LogP contribution in [0.1, 0.15) is 31.4 Å². The van der Waals surface area contributed by atoms with E-state index in [1.165, 1.54) is 0 Å². The third kappa shape index (κ3) is 2.61. The van der Waals surface area contributed by atoms with E-state index >= 15 is 0 Å². The van der Waals surface area contributed by atoms with Crippen LogP contribution in [0.15, 0.2) is 24.3 Å². The van der Waals surface area contributed by atoms with Gasteiger partial charge in [-0.3, -0.25) is 4.79 Å². The van der Waals surface area contributed by atoms with Crippen LogP contribution in [0.3, 0.4) is 0 Å². The third-order valence-electron chi connectivity index (χ3n) is 3.23. The van der Waals surface area contributed by atoms with E-state index in [0.29, 0.717) is 0 Å². The lowest BCUT2D eigenvalue weighted by Gasteiger charge is -2.32. The van der Waals surface area contributed by atoms with Crippen LogP contribution < -0.4 is 5.73 Å². The van der Waals surface area contributed by atoms with Crippen LogP contribution in [0, 0.1) is 6.92 Å². The van der Waals surface area contributed by atoms with Crippen LogP contribution >= 0.6 is 0 Å². The van der Waals surface area contributed by atoms with E-state index in [1.54, 1.807) is 0 Å². The summed E-state index contributed by atoms with van der Waals surface area (Å²) in [6.45, 7) is 5.75. The van der Waals surface area contributed by atoms with Crippen molar-refractivity contribution in [3.8, 4) is 0 Å². The molecule has 0 spiro atoms. The number of aliphatic carboxylic acids is 1. The van der Waals surface area contributed by atoms with E-state index in [0.717, 1.165) is 11.1 Å². The normalized spacial score (nSPS) is 16.5. The Labute approximate surface area is 96.3 Å². The largest absolute Gasteiger partial charge is 0.481 e. The van der Waals surface area contributed by atoms with Crippen molar-refractivity contribution in [3.63, 3.8) is 0 Å². The lowest BCUT2D eigenvalue weighted by Crippen LogP contribution is -2.42. The Balaban J connectivity index is 3.10. The molecule has 0 aliphatic heterocycles. The van der Waals surface area contributed by atoms with Gasteiger partial charge >= 0.3 is 5.97 Å². The van der Waals surface area contributed by atoms with Crippen molar-refractivity contribution in [1.82, 2.24) is 0 Å². The molecule has 3 nitrogen and oxygen atoms in total. The average Bonchev–Trinajstić information content (AvgIpc) is 2.17. The van der Waals surface area contributed by atoms with Gasteiger partial charge in [-0.1, -0.05) is 36.8 Å². The summed E-state index contributed by atoms with van der Waals surface area (Å²) in [6, 6.07) is 7.69. The summed E-state index contributed by atoms with van der Waals surface area (Å²) in [5.41, 5.74) is 7.55. The summed E-state index contributed by atoms with van der Waals surface area (Å²) in [5, 5.41) is 8.96. The molecule has 2 unspecified atom stereocenters. The van der Waals surface area contributed by atoms with Crippen LogP contribution in [0.5, 0.6) is 0 Å². The maximum Gasteiger partial charge on any atom is 0.304 e. The second kappa shape index (κ2) is 4.66. The number of carbonyl (C=O) groups is 1. The van der Waals surface area contributed by atoms with Gasteiger partial charge in [0.2, 0.25) is 0 Å². The Kier molecular flexibility index (Phi) is 3.70. The molecule has 88 valence electrons. The highest BCUT2D eigenvalue weighted by Gasteiger charge is 2.33. The summed E-state index contributed by atoms with van der Waals surface area (Å²) in [6.07, 6.45) is 0.0493. The molecular formula is C13H19NO2. The van der Waals surface area contributed by atoms with Gasteiger partial charge in [0, 0.05) is 11.5 Å². The summed E-state index contributed by atoms with van der Waals surface area (Å²) in [7, 11) is 0. The molecule has 0 saturated heterocycles. The fraction of sp³-hybridized carbons (Fsp3) is 0.462. The van der Waals surface area contributed by atoms with Crippen molar-refractivity contribution in [2.24, 2.45) is 5.73 Å². The Hall–Kier alpha value is -1.35.